The molecule has 0 radical (unpaired) electrons. The van der Waals surface area contributed by atoms with Gasteiger partial charge in [-0.2, -0.15) is 5.10 Å². The van der Waals surface area contributed by atoms with Gasteiger partial charge < -0.3 is 0 Å². The third-order valence-corrected chi connectivity index (χ3v) is 4.40. The molecule has 6 heteroatoms. The number of fused-ring (bicyclic) bond motifs is 1. The van der Waals surface area contributed by atoms with Crippen LogP contribution in [0.5, 0.6) is 0 Å². The SMILES string of the molecule is CCc1nc2cccc(C#Cc3cnn(C)c3)c2c(=O)n1-c1cccc(F)c1. The molecule has 0 bridgehead atoms. The molecular formula is C22H17FN4O. The Hall–Kier alpha value is -3.72. The molecular weight excluding hydrogens is 355 g/mol. The number of halogens is 1. The number of hydrogen-bond acceptors (Lipinski definition) is 3. The van der Waals surface area contributed by atoms with Crippen LogP contribution in [-0.4, -0.2) is 19.3 Å². The van der Waals surface area contributed by atoms with Gasteiger partial charge in [0.2, 0.25) is 0 Å². The average molecular weight is 372 g/mol. The van der Waals surface area contributed by atoms with E-state index in [4.69, 9.17) is 0 Å². The number of aryl methyl sites for hydroxylation is 2. The summed E-state index contributed by atoms with van der Waals surface area (Å²) in [5, 5.41) is 4.51. The van der Waals surface area contributed by atoms with Crippen LogP contribution in [0.1, 0.15) is 23.9 Å². The predicted molar refractivity (Wildman–Crippen MR) is 106 cm³/mol. The van der Waals surface area contributed by atoms with Gasteiger partial charge in [0.1, 0.15) is 11.6 Å². The van der Waals surface area contributed by atoms with Gasteiger partial charge in [-0.1, -0.05) is 30.9 Å². The zero-order valence-corrected chi connectivity index (χ0v) is 15.5. The molecule has 5 nitrogen and oxygen atoms in total. The van der Waals surface area contributed by atoms with Gasteiger partial charge in [0, 0.05) is 25.2 Å². The van der Waals surface area contributed by atoms with Crippen LogP contribution in [0, 0.1) is 17.7 Å². The molecule has 2 heterocycles. The maximum Gasteiger partial charge on any atom is 0.267 e. The average Bonchev–Trinajstić information content (AvgIpc) is 3.11. The van der Waals surface area contributed by atoms with Crippen LogP contribution in [-0.2, 0) is 13.5 Å². The Morgan fingerprint density at radius 1 is 1.14 bits per heavy atom. The molecule has 0 aliphatic rings. The van der Waals surface area contributed by atoms with Crippen LogP contribution < -0.4 is 5.56 Å². The second-order valence-corrected chi connectivity index (χ2v) is 6.35. The molecule has 138 valence electrons. The van der Waals surface area contributed by atoms with Crippen LogP contribution in [0.25, 0.3) is 16.6 Å². The Morgan fingerprint density at radius 2 is 1.96 bits per heavy atom. The van der Waals surface area contributed by atoms with Crippen molar-refractivity contribution in [2.45, 2.75) is 13.3 Å². The molecule has 4 rings (SSSR count). The van der Waals surface area contributed by atoms with E-state index in [0.717, 1.165) is 5.56 Å². The summed E-state index contributed by atoms with van der Waals surface area (Å²) in [6.45, 7) is 1.91. The smallest absolute Gasteiger partial charge is 0.267 e. The Kier molecular flexibility index (Phi) is 4.50. The van der Waals surface area contributed by atoms with Crippen LogP contribution in [0.15, 0.2) is 59.7 Å². The first kappa shape index (κ1) is 17.7. The van der Waals surface area contributed by atoms with Crippen molar-refractivity contribution in [1.29, 1.82) is 0 Å². The lowest BCUT2D eigenvalue weighted by atomic mass is 10.1. The molecule has 0 N–H and O–H groups in total. The van der Waals surface area contributed by atoms with E-state index in [1.165, 1.54) is 16.7 Å². The highest BCUT2D eigenvalue weighted by Crippen LogP contribution is 2.17. The van der Waals surface area contributed by atoms with Crippen molar-refractivity contribution in [1.82, 2.24) is 19.3 Å². The molecule has 4 aromatic rings. The molecule has 0 fully saturated rings. The van der Waals surface area contributed by atoms with Gasteiger partial charge in [0.05, 0.1) is 28.4 Å². The third kappa shape index (κ3) is 3.19. The van der Waals surface area contributed by atoms with Crippen molar-refractivity contribution in [2.24, 2.45) is 7.05 Å². The van der Waals surface area contributed by atoms with Crippen LogP contribution in [0.3, 0.4) is 0 Å². The lowest BCUT2D eigenvalue weighted by Gasteiger charge is -2.13. The van der Waals surface area contributed by atoms with Gasteiger partial charge in [-0.25, -0.2) is 9.37 Å². The minimum Gasteiger partial charge on any atom is -0.275 e. The summed E-state index contributed by atoms with van der Waals surface area (Å²) >= 11 is 0. The summed E-state index contributed by atoms with van der Waals surface area (Å²) in [4.78, 5) is 18.0. The van der Waals surface area contributed by atoms with E-state index < -0.39 is 5.82 Å². The summed E-state index contributed by atoms with van der Waals surface area (Å²) in [5.74, 6) is 6.25. The molecule has 0 aliphatic carbocycles. The molecule has 0 amide bonds. The van der Waals surface area contributed by atoms with Gasteiger partial charge in [-0.3, -0.25) is 14.0 Å². The molecule has 0 aliphatic heterocycles. The normalized spacial score (nSPS) is 10.7. The van der Waals surface area contributed by atoms with Gasteiger partial charge >= 0.3 is 0 Å². The lowest BCUT2D eigenvalue weighted by Crippen LogP contribution is -2.24. The molecule has 2 aromatic heterocycles. The highest BCUT2D eigenvalue weighted by Gasteiger charge is 2.14. The number of aromatic nitrogens is 4. The van der Waals surface area contributed by atoms with E-state index in [0.29, 0.717) is 34.4 Å². The van der Waals surface area contributed by atoms with E-state index >= 15 is 0 Å². The highest BCUT2D eigenvalue weighted by atomic mass is 19.1. The summed E-state index contributed by atoms with van der Waals surface area (Å²) in [6.07, 6.45) is 4.00. The minimum absolute atomic E-state index is 0.261. The fourth-order valence-corrected chi connectivity index (χ4v) is 3.12. The van der Waals surface area contributed by atoms with Gasteiger partial charge in [-0.15, -0.1) is 0 Å². The number of benzene rings is 2. The molecule has 0 spiro atoms. The number of rotatable bonds is 2. The van der Waals surface area contributed by atoms with Crippen molar-refractivity contribution >= 4 is 10.9 Å². The van der Waals surface area contributed by atoms with E-state index in [2.05, 4.69) is 21.9 Å². The second-order valence-electron chi connectivity index (χ2n) is 6.35. The number of nitrogens with zero attached hydrogens (tertiary/aromatic N) is 4. The Labute approximate surface area is 161 Å². The first-order chi connectivity index (χ1) is 13.6. The topological polar surface area (TPSA) is 52.7 Å². The zero-order chi connectivity index (χ0) is 19.7. The molecule has 0 saturated heterocycles. The van der Waals surface area contributed by atoms with E-state index in [9.17, 15) is 9.18 Å². The summed E-state index contributed by atoms with van der Waals surface area (Å²) in [7, 11) is 1.82. The van der Waals surface area contributed by atoms with Crippen molar-refractivity contribution in [3.8, 4) is 17.5 Å². The molecule has 2 aromatic carbocycles. The first-order valence-electron chi connectivity index (χ1n) is 8.88. The summed E-state index contributed by atoms with van der Waals surface area (Å²) in [5.41, 5.74) is 2.09. The summed E-state index contributed by atoms with van der Waals surface area (Å²) < 4.78 is 16.9. The molecule has 0 saturated carbocycles. The second kappa shape index (κ2) is 7.12. The van der Waals surface area contributed by atoms with E-state index in [-0.39, 0.29) is 5.56 Å². The predicted octanol–water partition coefficient (Wildman–Crippen LogP) is 3.22. The Morgan fingerprint density at radius 3 is 2.68 bits per heavy atom. The first-order valence-corrected chi connectivity index (χ1v) is 8.88. The van der Waals surface area contributed by atoms with Gasteiger partial charge in [0.15, 0.2) is 0 Å². The third-order valence-electron chi connectivity index (χ3n) is 4.40. The minimum atomic E-state index is -0.406. The van der Waals surface area contributed by atoms with Crippen molar-refractivity contribution < 1.29 is 4.39 Å². The van der Waals surface area contributed by atoms with Crippen molar-refractivity contribution in [3.05, 3.63) is 88.0 Å². The lowest BCUT2D eigenvalue weighted by molar-refractivity contribution is 0.625. The Bertz CT molecular complexity index is 1310. The zero-order valence-electron chi connectivity index (χ0n) is 15.5. The standard InChI is InChI=1S/C22H17FN4O/c1-3-20-25-19-9-4-6-16(11-10-15-13-24-26(2)14-15)21(19)22(28)27(20)18-8-5-7-17(23)12-18/h4-9,12-14H,3H2,1-2H3. The van der Waals surface area contributed by atoms with Crippen molar-refractivity contribution in [3.63, 3.8) is 0 Å². The van der Waals surface area contributed by atoms with Crippen LogP contribution in [0.2, 0.25) is 0 Å². The molecule has 0 atom stereocenters. The Balaban J connectivity index is 1.98. The maximum absolute atomic E-state index is 13.8. The van der Waals surface area contributed by atoms with E-state index in [1.54, 1.807) is 41.3 Å². The summed E-state index contributed by atoms with van der Waals surface area (Å²) in [6, 6.07) is 11.4. The van der Waals surface area contributed by atoms with Crippen LogP contribution >= 0.6 is 0 Å². The van der Waals surface area contributed by atoms with Crippen LogP contribution in [0.4, 0.5) is 4.39 Å². The fourth-order valence-electron chi connectivity index (χ4n) is 3.12. The monoisotopic (exact) mass is 372 g/mol. The highest BCUT2D eigenvalue weighted by molar-refractivity contribution is 5.84. The van der Waals surface area contributed by atoms with E-state index in [1.807, 2.05) is 20.0 Å². The molecule has 28 heavy (non-hydrogen) atoms. The fraction of sp³-hybridized carbons (Fsp3) is 0.136. The van der Waals surface area contributed by atoms with Gasteiger partial charge in [0.25, 0.3) is 5.56 Å². The largest absolute Gasteiger partial charge is 0.275 e. The van der Waals surface area contributed by atoms with Gasteiger partial charge in [-0.05, 0) is 30.3 Å². The maximum atomic E-state index is 13.8. The number of hydrogen-bond donors (Lipinski definition) is 0. The quantitative estimate of drug-likeness (QED) is 0.508. The van der Waals surface area contributed by atoms with Crippen molar-refractivity contribution in [2.75, 3.05) is 0 Å². The molecule has 0 unspecified atom stereocenters.